The van der Waals surface area contributed by atoms with Crippen LogP contribution in [-0.2, 0) is 12.8 Å². The molecule has 0 spiro atoms. The van der Waals surface area contributed by atoms with Crippen molar-refractivity contribution in [1.29, 1.82) is 0 Å². The van der Waals surface area contributed by atoms with Crippen LogP contribution < -0.4 is 10.6 Å². The third-order valence-corrected chi connectivity index (χ3v) is 5.84. The molecule has 3 aliphatic rings. The van der Waals surface area contributed by atoms with Gasteiger partial charge in [-0.25, -0.2) is 9.97 Å². The normalized spacial score (nSPS) is 26.2. The number of hydrogen-bond donors (Lipinski definition) is 2. The van der Waals surface area contributed by atoms with E-state index in [1.54, 1.807) is 6.33 Å². The van der Waals surface area contributed by atoms with Crippen LogP contribution in [0.3, 0.4) is 0 Å². The highest BCUT2D eigenvalue weighted by molar-refractivity contribution is 5.46. The van der Waals surface area contributed by atoms with Crippen molar-refractivity contribution in [2.45, 2.75) is 51.0 Å². The number of fused-ring (bicyclic) bond motifs is 1. The van der Waals surface area contributed by atoms with Gasteiger partial charge in [-0.1, -0.05) is 12.8 Å². The van der Waals surface area contributed by atoms with Gasteiger partial charge in [0, 0.05) is 37.7 Å². The van der Waals surface area contributed by atoms with Gasteiger partial charge in [0.05, 0.1) is 5.69 Å². The van der Waals surface area contributed by atoms with Gasteiger partial charge in [-0.15, -0.1) is 0 Å². The van der Waals surface area contributed by atoms with Crippen LogP contribution in [0.15, 0.2) is 6.33 Å². The molecule has 1 aromatic heterocycles. The van der Waals surface area contributed by atoms with Crippen LogP contribution in [0.1, 0.15) is 43.4 Å². The first kappa shape index (κ1) is 15.3. The minimum atomic E-state index is 0.769. The van der Waals surface area contributed by atoms with E-state index in [9.17, 15) is 0 Å². The lowest BCUT2D eigenvalue weighted by Gasteiger charge is -2.23. The van der Waals surface area contributed by atoms with Crippen molar-refractivity contribution in [3.63, 3.8) is 0 Å². The van der Waals surface area contributed by atoms with E-state index in [1.807, 2.05) is 0 Å². The Kier molecular flexibility index (Phi) is 4.76. The number of aromatic nitrogens is 2. The second kappa shape index (κ2) is 7.14. The van der Waals surface area contributed by atoms with Crippen LogP contribution in [0.25, 0.3) is 0 Å². The van der Waals surface area contributed by atoms with Crippen molar-refractivity contribution in [2.24, 2.45) is 5.92 Å². The molecular weight excluding hydrogens is 286 g/mol. The number of nitrogens with zero attached hydrogens (tertiary/aromatic N) is 3. The van der Waals surface area contributed by atoms with E-state index in [4.69, 9.17) is 0 Å². The van der Waals surface area contributed by atoms with Gasteiger partial charge in [0.15, 0.2) is 0 Å². The fourth-order valence-electron chi connectivity index (χ4n) is 4.50. The molecule has 4 rings (SSSR count). The third-order valence-electron chi connectivity index (χ3n) is 5.84. The van der Waals surface area contributed by atoms with Crippen LogP contribution in [0.4, 0.5) is 5.82 Å². The first-order valence-corrected chi connectivity index (χ1v) is 9.41. The maximum atomic E-state index is 4.53. The molecule has 0 bridgehead atoms. The van der Waals surface area contributed by atoms with Gasteiger partial charge in [-0.2, -0.15) is 0 Å². The second-order valence-corrected chi connectivity index (χ2v) is 7.37. The van der Waals surface area contributed by atoms with Crippen molar-refractivity contribution in [3.05, 3.63) is 17.6 Å². The van der Waals surface area contributed by atoms with Gasteiger partial charge >= 0.3 is 0 Å². The van der Waals surface area contributed by atoms with Crippen molar-refractivity contribution in [2.75, 3.05) is 38.0 Å². The summed E-state index contributed by atoms with van der Waals surface area (Å²) in [7, 11) is 0. The van der Waals surface area contributed by atoms with Gasteiger partial charge in [-0.3, -0.25) is 0 Å². The van der Waals surface area contributed by atoms with Gasteiger partial charge < -0.3 is 15.5 Å². The molecule has 126 valence electrons. The standard InChI is InChI=1S/C18H29N5/c1-2-4-15(3-1)23-10-7-14(12-23)11-20-18-16-5-8-19-9-6-17(16)21-13-22-18/h13-15,19H,1-12H2,(H,20,21,22). The monoisotopic (exact) mass is 315 g/mol. The molecule has 1 unspecified atom stereocenters. The molecule has 2 fully saturated rings. The molecule has 0 radical (unpaired) electrons. The molecule has 1 aromatic rings. The molecule has 2 aliphatic heterocycles. The maximum Gasteiger partial charge on any atom is 0.132 e. The summed E-state index contributed by atoms with van der Waals surface area (Å²) >= 11 is 0. The predicted molar refractivity (Wildman–Crippen MR) is 92.7 cm³/mol. The first-order chi connectivity index (χ1) is 11.4. The molecule has 0 aromatic carbocycles. The molecule has 23 heavy (non-hydrogen) atoms. The molecule has 1 aliphatic carbocycles. The van der Waals surface area contributed by atoms with Crippen molar-refractivity contribution >= 4 is 5.82 Å². The zero-order valence-electron chi connectivity index (χ0n) is 14.1. The lowest BCUT2D eigenvalue weighted by molar-refractivity contribution is 0.238. The van der Waals surface area contributed by atoms with Crippen molar-refractivity contribution in [1.82, 2.24) is 20.2 Å². The van der Waals surface area contributed by atoms with Crippen LogP contribution in [0.2, 0.25) is 0 Å². The highest BCUT2D eigenvalue weighted by Gasteiger charge is 2.29. The molecular formula is C18H29N5. The lowest BCUT2D eigenvalue weighted by atomic mass is 10.1. The fourth-order valence-corrected chi connectivity index (χ4v) is 4.50. The third kappa shape index (κ3) is 3.50. The molecule has 2 N–H and O–H groups in total. The summed E-state index contributed by atoms with van der Waals surface area (Å²) < 4.78 is 0. The van der Waals surface area contributed by atoms with E-state index >= 15 is 0 Å². The van der Waals surface area contributed by atoms with Crippen LogP contribution in [0, 0.1) is 5.92 Å². The van der Waals surface area contributed by atoms with E-state index < -0.39 is 0 Å². The molecule has 3 heterocycles. The van der Waals surface area contributed by atoms with E-state index in [-0.39, 0.29) is 0 Å². The van der Waals surface area contributed by atoms with Crippen LogP contribution in [-0.4, -0.2) is 53.6 Å². The summed E-state index contributed by atoms with van der Waals surface area (Å²) in [4.78, 5) is 11.8. The lowest BCUT2D eigenvalue weighted by Crippen LogP contribution is -2.31. The largest absolute Gasteiger partial charge is 0.369 e. The van der Waals surface area contributed by atoms with E-state index in [0.717, 1.165) is 50.3 Å². The highest BCUT2D eigenvalue weighted by Crippen LogP contribution is 2.29. The Morgan fingerprint density at radius 3 is 2.91 bits per heavy atom. The Bertz CT molecular complexity index is 526. The average molecular weight is 315 g/mol. The van der Waals surface area contributed by atoms with Gasteiger partial charge in [0.2, 0.25) is 0 Å². The highest BCUT2D eigenvalue weighted by atomic mass is 15.2. The predicted octanol–water partition coefficient (Wildman–Crippen LogP) is 1.84. The topological polar surface area (TPSA) is 53.1 Å². The summed E-state index contributed by atoms with van der Waals surface area (Å²) in [5, 5.41) is 7.10. The summed E-state index contributed by atoms with van der Waals surface area (Å²) in [5.41, 5.74) is 2.56. The Morgan fingerprint density at radius 2 is 2.00 bits per heavy atom. The summed E-state index contributed by atoms with van der Waals surface area (Å²) in [5.74, 6) is 1.85. The Labute approximate surface area is 139 Å². The number of likely N-dealkylation sites (tertiary alicyclic amines) is 1. The number of hydrogen-bond acceptors (Lipinski definition) is 5. The first-order valence-electron chi connectivity index (χ1n) is 9.41. The summed E-state index contributed by atoms with van der Waals surface area (Å²) in [6.45, 7) is 5.69. The summed E-state index contributed by atoms with van der Waals surface area (Å²) in [6.07, 6.45) is 10.8. The van der Waals surface area contributed by atoms with Gasteiger partial charge in [0.1, 0.15) is 12.1 Å². The molecule has 1 saturated heterocycles. The smallest absolute Gasteiger partial charge is 0.132 e. The van der Waals surface area contributed by atoms with E-state index in [0.29, 0.717) is 0 Å². The van der Waals surface area contributed by atoms with Gasteiger partial charge in [-0.05, 0) is 44.7 Å². The number of anilines is 1. The van der Waals surface area contributed by atoms with E-state index in [1.165, 1.54) is 56.5 Å². The van der Waals surface area contributed by atoms with Crippen molar-refractivity contribution in [3.8, 4) is 0 Å². The second-order valence-electron chi connectivity index (χ2n) is 7.37. The van der Waals surface area contributed by atoms with Gasteiger partial charge in [0.25, 0.3) is 0 Å². The molecule has 5 nitrogen and oxygen atoms in total. The van der Waals surface area contributed by atoms with E-state index in [2.05, 4.69) is 25.5 Å². The summed E-state index contributed by atoms with van der Waals surface area (Å²) in [6, 6.07) is 0.876. The quantitative estimate of drug-likeness (QED) is 0.888. The van der Waals surface area contributed by atoms with Crippen LogP contribution in [0.5, 0.6) is 0 Å². The minimum absolute atomic E-state index is 0.769. The maximum absolute atomic E-state index is 4.53. The number of rotatable bonds is 4. The van der Waals surface area contributed by atoms with Crippen molar-refractivity contribution < 1.29 is 0 Å². The zero-order valence-corrected chi connectivity index (χ0v) is 14.1. The molecule has 5 heteroatoms. The molecule has 1 saturated carbocycles. The minimum Gasteiger partial charge on any atom is -0.369 e. The Morgan fingerprint density at radius 1 is 1.13 bits per heavy atom. The Balaban J connectivity index is 1.34. The SMILES string of the molecule is c1nc2c(c(NCC3CCN(C4CCCC4)C3)n1)CCNCC2. The fraction of sp³-hybridized carbons (Fsp3) is 0.778. The number of nitrogens with one attached hydrogen (secondary N) is 2. The molecule has 1 atom stereocenters. The van der Waals surface area contributed by atoms with Crippen LogP contribution >= 0.6 is 0 Å². The average Bonchev–Trinajstić information content (AvgIpc) is 3.20. The zero-order chi connectivity index (χ0) is 15.5. The Hall–Kier alpha value is -1.20. The molecule has 0 amide bonds.